The molecule has 1 aliphatic carbocycles. The Kier molecular flexibility index (Phi) is 4.60. The molecule has 0 aromatic heterocycles. The van der Waals surface area contributed by atoms with Crippen molar-refractivity contribution in [1.29, 1.82) is 0 Å². The lowest BCUT2D eigenvalue weighted by atomic mass is 9.85. The second-order valence-corrected chi connectivity index (χ2v) is 5.37. The van der Waals surface area contributed by atoms with E-state index in [1.165, 1.54) is 25.7 Å². The van der Waals surface area contributed by atoms with E-state index in [9.17, 15) is 0 Å². The van der Waals surface area contributed by atoms with Crippen molar-refractivity contribution in [3.8, 4) is 0 Å². The lowest BCUT2D eigenvalue weighted by Crippen LogP contribution is -2.58. The van der Waals surface area contributed by atoms with Crippen LogP contribution in [0, 0.1) is 5.92 Å². The van der Waals surface area contributed by atoms with Crippen LogP contribution in [0.3, 0.4) is 0 Å². The highest BCUT2D eigenvalue weighted by Gasteiger charge is 2.43. The van der Waals surface area contributed by atoms with Crippen LogP contribution in [0.5, 0.6) is 0 Å². The van der Waals surface area contributed by atoms with E-state index in [2.05, 4.69) is 45.1 Å². The van der Waals surface area contributed by atoms with E-state index in [-0.39, 0.29) is 0 Å². The largest absolute Gasteiger partial charge is 0.312 e. The summed E-state index contributed by atoms with van der Waals surface area (Å²) in [6.45, 7) is 8.11. The topological polar surface area (TPSA) is 15.3 Å². The van der Waals surface area contributed by atoms with Gasteiger partial charge in [-0.3, -0.25) is 0 Å². The third-order valence-electron chi connectivity index (χ3n) is 4.12. The van der Waals surface area contributed by atoms with Crippen molar-refractivity contribution in [2.24, 2.45) is 5.92 Å². The third-order valence-corrected chi connectivity index (χ3v) is 4.12. The third kappa shape index (κ3) is 2.94. The molecular formula is C13H28N2. The minimum atomic E-state index is 0.316. The summed E-state index contributed by atoms with van der Waals surface area (Å²) >= 11 is 0. The normalized spacial score (nSPS) is 22.8. The van der Waals surface area contributed by atoms with Gasteiger partial charge in [-0.2, -0.15) is 0 Å². The first kappa shape index (κ1) is 13.0. The Hall–Kier alpha value is -0.0800. The standard InChI is InChI=1S/C13H28N2/c1-6-10-14-12(11-8-9-11)13(3,7-2)15(4)5/h11-12,14H,6-10H2,1-5H3. The molecule has 1 fully saturated rings. The Labute approximate surface area is 95.4 Å². The molecule has 0 aliphatic heterocycles. The van der Waals surface area contributed by atoms with Crippen LogP contribution < -0.4 is 5.32 Å². The fourth-order valence-electron chi connectivity index (χ4n) is 2.44. The van der Waals surface area contributed by atoms with Crippen LogP contribution >= 0.6 is 0 Å². The van der Waals surface area contributed by atoms with E-state index in [0.717, 1.165) is 12.5 Å². The average Bonchev–Trinajstić information content (AvgIpc) is 3.01. The van der Waals surface area contributed by atoms with Crippen LogP contribution in [0.4, 0.5) is 0 Å². The van der Waals surface area contributed by atoms with Crippen LogP contribution in [-0.2, 0) is 0 Å². The molecule has 90 valence electrons. The molecule has 1 rings (SSSR count). The van der Waals surface area contributed by atoms with Crippen LogP contribution in [0.1, 0.15) is 46.5 Å². The van der Waals surface area contributed by atoms with Crippen LogP contribution in [0.2, 0.25) is 0 Å². The number of nitrogens with one attached hydrogen (secondary N) is 1. The molecule has 0 spiro atoms. The smallest absolute Gasteiger partial charge is 0.0328 e. The summed E-state index contributed by atoms with van der Waals surface area (Å²) in [4.78, 5) is 2.40. The van der Waals surface area contributed by atoms with E-state index in [1.54, 1.807) is 0 Å². The van der Waals surface area contributed by atoms with Crippen molar-refractivity contribution >= 4 is 0 Å². The lowest BCUT2D eigenvalue weighted by Gasteiger charge is -2.43. The van der Waals surface area contributed by atoms with Crippen LogP contribution in [0.25, 0.3) is 0 Å². The van der Waals surface area contributed by atoms with E-state index < -0.39 is 0 Å². The Balaban J connectivity index is 2.66. The molecule has 1 aliphatic rings. The fourth-order valence-corrected chi connectivity index (χ4v) is 2.44. The molecule has 2 unspecified atom stereocenters. The maximum Gasteiger partial charge on any atom is 0.0328 e. The maximum absolute atomic E-state index is 3.76. The van der Waals surface area contributed by atoms with E-state index in [1.807, 2.05) is 0 Å². The van der Waals surface area contributed by atoms with Crippen LogP contribution in [0.15, 0.2) is 0 Å². The summed E-state index contributed by atoms with van der Waals surface area (Å²) in [5, 5.41) is 3.76. The number of hydrogen-bond acceptors (Lipinski definition) is 2. The molecule has 0 bridgehead atoms. The number of nitrogens with zero attached hydrogens (tertiary/aromatic N) is 1. The van der Waals surface area contributed by atoms with E-state index in [0.29, 0.717) is 11.6 Å². The quantitative estimate of drug-likeness (QED) is 0.697. The molecule has 2 heteroatoms. The number of likely N-dealkylation sites (N-methyl/N-ethyl adjacent to an activating group) is 1. The van der Waals surface area contributed by atoms with E-state index in [4.69, 9.17) is 0 Å². The fraction of sp³-hybridized carbons (Fsp3) is 1.00. The van der Waals surface area contributed by atoms with Gasteiger partial charge in [0.05, 0.1) is 0 Å². The SMILES string of the molecule is CCCNC(C1CC1)C(C)(CC)N(C)C. The summed E-state index contributed by atoms with van der Waals surface area (Å²) in [5.41, 5.74) is 0.316. The van der Waals surface area contributed by atoms with Gasteiger partial charge < -0.3 is 10.2 Å². The molecule has 1 saturated carbocycles. The molecule has 1 N–H and O–H groups in total. The van der Waals surface area contributed by atoms with Crippen molar-refractivity contribution in [1.82, 2.24) is 10.2 Å². The van der Waals surface area contributed by atoms with Crippen molar-refractivity contribution in [3.63, 3.8) is 0 Å². The lowest BCUT2D eigenvalue weighted by molar-refractivity contribution is 0.101. The average molecular weight is 212 g/mol. The van der Waals surface area contributed by atoms with Gasteiger partial charge >= 0.3 is 0 Å². The van der Waals surface area contributed by atoms with Gasteiger partial charge in [0, 0.05) is 11.6 Å². The van der Waals surface area contributed by atoms with Crippen LogP contribution in [-0.4, -0.2) is 37.1 Å². The van der Waals surface area contributed by atoms with Gasteiger partial charge in [0.1, 0.15) is 0 Å². The highest BCUT2D eigenvalue weighted by Crippen LogP contribution is 2.39. The Morgan fingerprint density at radius 1 is 1.33 bits per heavy atom. The zero-order chi connectivity index (χ0) is 11.5. The summed E-state index contributed by atoms with van der Waals surface area (Å²) < 4.78 is 0. The van der Waals surface area contributed by atoms with Gasteiger partial charge in [-0.05, 0) is 59.2 Å². The van der Waals surface area contributed by atoms with E-state index >= 15 is 0 Å². The van der Waals surface area contributed by atoms with Crippen molar-refractivity contribution in [2.45, 2.75) is 58.0 Å². The second kappa shape index (κ2) is 5.31. The molecule has 0 heterocycles. The Bertz CT molecular complexity index is 187. The molecule has 0 aromatic carbocycles. The minimum Gasteiger partial charge on any atom is -0.312 e. The van der Waals surface area contributed by atoms with Crippen molar-refractivity contribution < 1.29 is 0 Å². The predicted molar refractivity (Wildman–Crippen MR) is 67.2 cm³/mol. The Morgan fingerprint density at radius 3 is 2.27 bits per heavy atom. The highest BCUT2D eigenvalue weighted by atomic mass is 15.2. The van der Waals surface area contributed by atoms with Gasteiger partial charge in [0.15, 0.2) is 0 Å². The van der Waals surface area contributed by atoms with Gasteiger partial charge in [-0.25, -0.2) is 0 Å². The van der Waals surface area contributed by atoms with Crippen molar-refractivity contribution in [2.75, 3.05) is 20.6 Å². The molecule has 0 amide bonds. The highest BCUT2D eigenvalue weighted by molar-refractivity contribution is 5.02. The first-order valence-corrected chi connectivity index (χ1v) is 6.47. The molecule has 15 heavy (non-hydrogen) atoms. The first-order valence-electron chi connectivity index (χ1n) is 6.47. The molecule has 0 radical (unpaired) electrons. The predicted octanol–water partition coefficient (Wildman–Crippen LogP) is 2.49. The number of rotatable bonds is 7. The monoisotopic (exact) mass is 212 g/mol. The van der Waals surface area contributed by atoms with Gasteiger partial charge in [-0.1, -0.05) is 13.8 Å². The summed E-state index contributed by atoms with van der Waals surface area (Å²) in [6, 6.07) is 0.678. The second-order valence-electron chi connectivity index (χ2n) is 5.37. The van der Waals surface area contributed by atoms with Gasteiger partial charge in [0.25, 0.3) is 0 Å². The van der Waals surface area contributed by atoms with Gasteiger partial charge in [0.2, 0.25) is 0 Å². The molecular weight excluding hydrogens is 184 g/mol. The maximum atomic E-state index is 3.76. The molecule has 2 atom stereocenters. The molecule has 0 aromatic rings. The summed E-state index contributed by atoms with van der Waals surface area (Å²) in [7, 11) is 4.43. The zero-order valence-electron chi connectivity index (χ0n) is 11.1. The Morgan fingerprint density at radius 2 is 1.93 bits per heavy atom. The van der Waals surface area contributed by atoms with Crippen molar-refractivity contribution in [3.05, 3.63) is 0 Å². The first-order chi connectivity index (χ1) is 7.06. The molecule has 0 saturated heterocycles. The summed E-state index contributed by atoms with van der Waals surface area (Å²) in [6.07, 6.45) is 5.30. The number of hydrogen-bond donors (Lipinski definition) is 1. The van der Waals surface area contributed by atoms with Gasteiger partial charge in [-0.15, -0.1) is 0 Å². The minimum absolute atomic E-state index is 0.316. The molecule has 2 nitrogen and oxygen atoms in total. The summed E-state index contributed by atoms with van der Waals surface area (Å²) in [5.74, 6) is 0.920. The zero-order valence-corrected chi connectivity index (χ0v) is 11.1.